The molecule has 0 heterocycles. The Labute approximate surface area is 167 Å². The summed E-state index contributed by atoms with van der Waals surface area (Å²) in [6.45, 7) is 12.0. The fraction of sp³-hybridized carbons (Fsp3) is 1.00. The van der Waals surface area contributed by atoms with E-state index in [2.05, 4.69) is 34.6 Å². The van der Waals surface area contributed by atoms with Gasteiger partial charge < -0.3 is 10.2 Å². The van der Waals surface area contributed by atoms with Gasteiger partial charge in [-0.25, -0.2) is 0 Å². The van der Waals surface area contributed by atoms with Crippen molar-refractivity contribution in [1.29, 1.82) is 0 Å². The average molecular weight is 377 g/mol. The van der Waals surface area contributed by atoms with Crippen molar-refractivity contribution < 1.29 is 10.2 Å². The molecule has 0 spiro atoms. The van der Waals surface area contributed by atoms with E-state index in [1.165, 1.54) is 44.9 Å². The van der Waals surface area contributed by atoms with Gasteiger partial charge in [0.2, 0.25) is 0 Å². The van der Waals surface area contributed by atoms with Gasteiger partial charge in [0.1, 0.15) is 0 Å². The van der Waals surface area contributed by atoms with E-state index >= 15 is 0 Å². The van der Waals surface area contributed by atoms with E-state index in [4.69, 9.17) is 0 Å². The predicted molar refractivity (Wildman–Crippen MR) is 111 cm³/mol. The normalized spacial score (nSPS) is 56.1. The van der Waals surface area contributed by atoms with Crippen LogP contribution in [0.5, 0.6) is 0 Å². The molecule has 0 aromatic carbocycles. The average Bonchev–Trinajstić information content (AvgIpc) is 2.96. The Hall–Kier alpha value is -0.0800. The highest BCUT2D eigenvalue weighted by molar-refractivity contribution is 5.14. The molecule has 11 atom stereocenters. The lowest BCUT2D eigenvalue weighted by Crippen LogP contribution is -2.62. The lowest BCUT2D eigenvalue weighted by molar-refractivity contribution is -0.203. The van der Waals surface area contributed by atoms with Crippen LogP contribution in [-0.2, 0) is 0 Å². The molecule has 0 aromatic rings. The second kappa shape index (κ2) is 7.01. The maximum Gasteiger partial charge on any atom is 0.0602 e. The SMILES string of the molecule is CCCC(C)C1CCC2C3C(O)CC4CC(C)CCC4(C)C3CC(O)C12C. The van der Waals surface area contributed by atoms with Crippen LogP contribution in [0.1, 0.15) is 92.4 Å². The van der Waals surface area contributed by atoms with E-state index in [9.17, 15) is 10.2 Å². The molecule has 4 rings (SSSR count). The summed E-state index contributed by atoms with van der Waals surface area (Å²) in [4.78, 5) is 0. The quantitative estimate of drug-likeness (QED) is 0.667. The molecule has 156 valence electrons. The maximum absolute atomic E-state index is 11.5. The van der Waals surface area contributed by atoms with Crippen LogP contribution in [-0.4, -0.2) is 22.4 Å². The lowest BCUT2D eigenvalue weighted by atomic mass is 9.42. The topological polar surface area (TPSA) is 40.5 Å². The van der Waals surface area contributed by atoms with Crippen LogP contribution in [0, 0.1) is 52.3 Å². The molecular weight excluding hydrogens is 332 g/mol. The van der Waals surface area contributed by atoms with Crippen LogP contribution in [0.2, 0.25) is 0 Å². The van der Waals surface area contributed by atoms with E-state index in [1.54, 1.807) is 0 Å². The Balaban J connectivity index is 1.66. The van der Waals surface area contributed by atoms with E-state index < -0.39 is 0 Å². The number of aliphatic hydroxyl groups is 2. The van der Waals surface area contributed by atoms with Crippen molar-refractivity contribution in [2.75, 3.05) is 0 Å². The number of hydrogen-bond acceptors (Lipinski definition) is 2. The summed E-state index contributed by atoms with van der Waals surface area (Å²) >= 11 is 0. The minimum Gasteiger partial charge on any atom is -0.393 e. The molecule has 0 bridgehead atoms. The van der Waals surface area contributed by atoms with Crippen LogP contribution >= 0.6 is 0 Å². The highest BCUT2D eigenvalue weighted by Gasteiger charge is 2.65. The smallest absolute Gasteiger partial charge is 0.0602 e. The van der Waals surface area contributed by atoms with Crippen LogP contribution < -0.4 is 0 Å². The Bertz CT molecular complexity index is 546. The monoisotopic (exact) mass is 376 g/mol. The largest absolute Gasteiger partial charge is 0.393 e. The lowest BCUT2D eigenvalue weighted by Gasteiger charge is -2.63. The summed E-state index contributed by atoms with van der Waals surface area (Å²) in [6.07, 6.45) is 10.5. The highest BCUT2D eigenvalue weighted by Crippen LogP contribution is 2.68. The molecule has 0 aliphatic heterocycles. The second-order valence-electron chi connectivity index (χ2n) is 11.7. The predicted octanol–water partition coefficient (Wildman–Crippen LogP) is 5.66. The summed E-state index contributed by atoms with van der Waals surface area (Å²) < 4.78 is 0. The maximum atomic E-state index is 11.5. The van der Waals surface area contributed by atoms with Crippen molar-refractivity contribution in [2.24, 2.45) is 52.3 Å². The summed E-state index contributed by atoms with van der Waals surface area (Å²) in [5, 5.41) is 22.9. The molecular formula is C25H44O2. The Morgan fingerprint density at radius 2 is 1.74 bits per heavy atom. The molecule has 0 amide bonds. The minimum atomic E-state index is -0.183. The number of aliphatic hydroxyl groups excluding tert-OH is 2. The Morgan fingerprint density at radius 1 is 1.00 bits per heavy atom. The van der Waals surface area contributed by atoms with E-state index in [0.717, 1.165) is 18.8 Å². The fourth-order valence-electron chi connectivity index (χ4n) is 9.03. The summed E-state index contributed by atoms with van der Waals surface area (Å²) in [5.74, 6) is 4.24. The van der Waals surface area contributed by atoms with Crippen LogP contribution in [0.3, 0.4) is 0 Å². The Morgan fingerprint density at radius 3 is 2.44 bits per heavy atom. The number of hydrogen-bond donors (Lipinski definition) is 2. The zero-order valence-corrected chi connectivity index (χ0v) is 18.5. The van der Waals surface area contributed by atoms with Crippen molar-refractivity contribution in [3.05, 3.63) is 0 Å². The van der Waals surface area contributed by atoms with E-state index in [-0.39, 0.29) is 17.6 Å². The van der Waals surface area contributed by atoms with Crippen LogP contribution in [0.15, 0.2) is 0 Å². The van der Waals surface area contributed by atoms with Crippen molar-refractivity contribution in [2.45, 2.75) is 105 Å². The van der Waals surface area contributed by atoms with Gasteiger partial charge in [0.25, 0.3) is 0 Å². The summed E-state index contributed by atoms with van der Waals surface area (Å²) in [6, 6.07) is 0. The van der Waals surface area contributed by atoms with Crippen LogP contribution in [0.25, 0.3) is 0 Å². The zero-order chi connectivity index (χ0) is 19.6. The zero-order valence-electron chi connectivity index (χ0n) is 18.5. The third kappa shape index (κ3) is 2.87. The van der Waals surface area contributed by atoms with Gasteiger partial charge in [-0.1, -0.05) is 53.9 Å². The minimum absolute atomic E-state index is 0.0158. The van der Waals surface area contributed by atoms with Crippen molar-refractivity contribution >= 4 is 0 Å². The molecule has 27 heavy (non-hydrogen) atoms. The number of rotatable bonds is 3. The molecule has 11 unspecified atom stereocenters. The first kappa shape index (κ1) is 20.2. The van der Waals surface area contributed by atoms with Gasteiger partial charge in [-0.2, -0.15) is 0 Å². The molecule has 4 saturated carbocycles. The molecule has 0 saturated heterocycles. The van der Waals surface area contributed by atoms with Gasteiger partial charge in [-0.3, -0.25) is 0 Å². The molecule has 4 aliphatic carbocycles. The van der Waals surface area contributed by atoms with Gasteiger partial charge >= 0.3 is 0 Å². The van der Waals surface area contributed by atoms with Gasteiger partial charge in [0.05, 0.1) is 12.2 Å². The second-order valence-corrected chi connectivity index (χ2v) is 11.7. The third-order valence-corrected chi connectivity index (χ3v) is 10.6. The third-order valence-electron chi connectivity index (χ3n) is 10.6. The first-order chi connectivity index (χ1) is 12.7. The van der Waals surface area contributed by atoms with Gasteiger partial charge in [-0.05, 0) is 90.8 Å². The molecule has 0 aromatic heterocycles. The van der Waals surface area contributed by atoms with Crippen LogP contribution in [0.4, 0.5) is 0 Å². The number of fused-ring (bicyclic) bond motifs is 5. The molecule has 2 heteroatoms. The van der Waals surface area contributed by atoms with E-state index in [0.29, 0.717) is 40.9 Å². The van der Waals surface area contributed by atoms with Gasteiger partial charge in [-0.15, -0.1) is 0 Å². The van der Waals surface area contributed by atoms with Crippen molar-refractivity contribution in [3.63, 3.8) is 0 Å². The van der Waals surface area contributed by atoms with Gasteiger partial charge in [0.15, 0.2) is 0 Å². The summed E-state index contributed by atoms with van der Waals surface area (Å²) in [5.41, 5.74) is 0.355. The van der Waals surface area contributed by atoms with Crippen molar-refractivity contribution in [3.8, 4) is 0 Å². The van der Waals surface area contributed by atoms with Gasteiger partial charge in [0, 0.05) is 0 Å². The Kier molecular flexibility index (Phi) is 5.25. The van der Waals surface area contributed by atoms with Crippen molar-refractivity contribution in [1.82, 2.24) is 0 Å². The highest BCUT2D eigenvalue weighted by atomic mass is 16.3. The molecule has 0 radical (unpaired) electrons. The first-order valence-electron chi connectivity index (χ1n) is 12.1. The standard InChI is InChI=1S/C25H44O2/c1-6-7-16(3)18-8-9-19-23-20(14-22(27)25(18,19)5)24(4)11-10-15(2)12-17(24)13-21(23)26/h15-23,26-27H,6-14H2,1-5H3. The summed E-state index contributed by atoms with van der Waals surface area (Å²) in [7, 11) is 0. The fourth-order valence-corrected chi connectivity index (χ4v) is 9.03. The molecule has 4 aliphatic rings. The first-order valence-corrected chi connectivity index (χ1v) is 12.1. The molecule has 2 nitrogen and oxygen atoms in total. The van der Waals surface area contributed by atoms with E-state index in [1.807, 2.05) is 0 Å². The molecule has 4 fully saturated rings. The molecule has 2 N–H and O–H groups in total.